The molecule has 5 heteroatoms. The van der Waals surface area contributed by atoms with Crippen molar-refractivity contribution in [3.8, 4) is 0 Å². The molecule has 0 fully saturated rings. The van der Waals surface area contributed by atoms with Crippen molar-refractivity contribution in [2.75, 3.05) is 25.1 Å². The maximum atomic E-state index is 11.2. The van der Waals surface area contributed by atoms with Crippen LogP contribution in [0.4, 0.5) is 5.69 Å². The van der Waals surface area contributed by atoms with E-state index in [-0.39, 0.29) is 5.97 Å². The highest BCUT2D eigenvalue weighted by atomic mass is 32.1. The third-order valence-corrected chi connectivity index (χ3v) is 2.78. The van der Waals surface area contributed by atoms with Crippen molar-refractivity contribution in [3.05, 3.63) is 29.8 Å². The standard InChI is InChI=1S/C13H18N2O2S/c1-3-17-12(16)8-9-15(2)11-6-4-10(5-7-11)13(14)18/h4-7H,3,8-9H2,1-2H3,(H2,14,18). The molecule has 0 spiro atoms. The lowest BCUT2D eigenvalue weighted by atomic mass is 10.2. The van der Waals surface area contributed by atoms with Gasteiger partial charge < -0.3 is 15.4 Å². The molecule has 1 aromatic carbocycles. The van der Waals surface area contributed by atoms with Crippen LogP contribution >= 0.6 is 12.2 Å². The average Bonchev–Trinajstić information content (AvgIpc) is 2.36. The fraction of sp³-hybridized carbons (Fsp3) is 0.385. The van der Waals surface area contributed by atoms with E-state index in [9.17, 15) is 4.79 Å². The topological polar surface area (TPSA) is 55.6 Å². The van der Waals surface area contributed by atoms with Crippen molar-refractivity contribution in [3.63, 3.8) is 0 Å². The zero-order valence-corrected chi connectivity index (χ0v) is 11.5. The van der Waals surface area contributed by atoms with Crippen LogP contribution in [0.3, 0.4) is 0 Å². The molecule has 0 aromatic heterocycles. The third-order valence-electron chi connectivity index (χ3n) is 2.55. The lowest BCUT2D eigenvalue weighted by Crippen LogP contribution is -2.22. The van der Waals surface area contributed by atoms with Gasteiger partial charge in [-0.3, -0.25) is 4.79 Å². The van der Waals surface area contributed by atoms with Gasteiger partial charge in [-0.15, -0.1) is 0 Å². The van der Waals surface area contributed by atoms with Crippen LogP contribution in [0.5, 0.6) is 0 Å². The molecule has 0 aliphatic rings. The molecule has 2 N–H and O–H groups in total. The molecule has 0 aliphatic carbocycles. The minimum Gasteiger partial charge on any atom is -0.466 e. The summed E-state index contributed by atoms with van der Waals surface area (Å²) in [5.41, 5.74) is 7.38. The van der Waals surface area contributed by atoms with Crippen LogP contribution in [0.15, 0.2) is 24.3 Å². The number of anilines is 1. The van der Waals surface area contributed by atoms with Crippen LogP contribution in [0.1, 0.15) is 18.9 Å². The van der Waals surface area contributed by atoms with Crippen molar-refractivity contribution >= 4 is 28.9 Å². The Labute approximate surface area is 113 Å². The van der Waals surface area contributed by atoms with Gasteiger partial charge in [-0.2, -0.15) is 0 Å². The number of benzene rings is 1. The minimum atomic E-state index is -0.177. The molecule has 18 heavy (non-hydrogen) atoms. The first-order valence-electron chi connectivity index (χ1n) is 5.81. The highest BCUT2D eigenvalue weighted by molar-refractivity contribution is 7.80. The van der Waals surface area contributed by atoms with Gasteiger partial charge in [-0.25, -0.2) is 0 Å². The van der Waals surface area contributed by atoms with E-state index in [0.29, 0.717) is 24.6 Å². The normalized spacial score (nSPS) is 9.89. The maximum Gasteiger partial charge on any atom is 0.307 e. The maximum absolute atomic E-state index is 11.2. The van der Waals surface area contributed by atoms with Crippen LogP contribution in [-0.2, 0) is 9.53 Å². The molecule has 98 valence electrons. The Morgan fingerprint density at radius 2 is 2.00 bits per heavy atom. The summed E-state index contributed by atoms with van der Waals surface area (Å²) in [6, 6.07) is 7.61. The Bertz CT molecular complexity index is 418. The minimum absolute atomic E-state index is 0.177. The number of rotatable bonds is 6. The molecule has 1 aromatic rings. The molecule has 0 saturated heterocycles. The quantitative estimate of drug-likeness (QED) is 0.627. The Kier molecular flexibility index (Phi) is 5.58. The van der Waals surface area contributed by atoms with Crippen LogP contribution in [-0.4, -0.2) is 31.2 Å². The molecule has 0 amide bonds. The SMILES string of the molecule is CCOC(=O)CCN(C)c1ccc(C(N)=S)cc1. The van der Waals surface area contributed by atoms with Gasteiger partial charge >= 0.3 is 5.97 Å². The Hall–Kier alpha value is -1.62. The fourth-order valence-corrected chi connectivity index (χ4v) is 1.64. The molecule has 0 heterocycles. The van der Waals surface area contributed by atoms with Gasteiger partial charge in [0.15, 0.2) is 0 Å². The Morgan fingerprint density at radius 3 is 2.50 bits per heavy atom. The van der Waals surface area contributed by atoms with Crippen LogP contribution in [0.2, 0.25) is 0 Å². The number of ether oxygens (including phenoxy) is 1. The van der Waals surface area contributed by atoms with E-state index in [0.717, 1.165) is 11.3 Å². The van der Waals surface area contributed by atoms with E-state index < -0.39 is 0 Å². The largest absolute Gasteiger partial charge is 0.466 e. The van der Waals surface area contributed by atoms with Gasteiger partial charge in [0.2, 0.25) is 0 Å². The highest BCUT2D eigenvalue weighted by Crippen LogP contribution is 2.14. The van der Waals surface area contributed by atoms with E-state index in [1.807, 2.05) is 36.2 Å². The van der Waals surface area contributed by atoms with Gasteiger partial charge in [0.1, 0.15) is 4.99 Å². The number of hydrogen-bond acceptors (Lipinski definition) is 4. The smallest absolute Gasteiger partial charge is 0.307 e. The lowest BCUT2D eigenvalue weighted by molar-refractivity contribution is -0.142. The Morgan fingerprint density at radius 1 is 1.39 bits per heavy atom. The van der Waals surface area contributed by atoms with Crippen molar-refractivity contribution in [2.45, 2.75) is 13.3 Å². The number of carbonyl (C=O) groups is 1. The monoisotopic (exact) mass is 266 g/mol. The van der Waals surface area contributed by atoms with Crippen molar-refractivity contribution in [1.29, 1.82) is 0 Å². The molecular formula is C13H18N2O2S. The number of carbonyl (C=O) groups excluding carboxylic acids is 1. The fourth-order valence-electron chi connectivity index (χ4n) is 1.50. The summed E-state index contributed by atoms with van der Waals surface area (Å²) < 4.78 is 4.88. The summed E-state index contributed by atoms with van der Waals surface area (Å²) in [7, 11) is 1.93. The molecule has 1 rings (SSSR count). The number of esters is 1. The summed E-state index contributed by atoms with van der Waals surface area (Å²) in [6.45, 7) is 2.84. The van der Waals surface area contributed by atoms with Crippen LogP contribution in [0.25, 0.3) is 0 Å². The van der Waals surface area contributed by atoms with Gasteiger partial charge in [0.05, 0.1) is 13.0 Å². The summed E-state index contributed by atoms with van der Waals surface area (Å²) >= 11 is 4.89. The number of nitrogens with zero attached hydrogens (tertiary/aromatic N) is 1. The van der Waals surface area contributed by atoms with Gasteiger partial charge in [0, 0.05) is 24.8 Å². The van der Waals surface area contributed by atoms with Crippen molar-refractivity contribution in [2.24, 2.45) is 5.73 Å². The van der Waals surface area contributed by atoms with E-state index in [2.05, 4.69) is 0 Å². The number of thiocarbonyl (C=S) groups is 1. The molecule has 0 saturated carbocycles. The predicted octanol–water partition coefficient (Wildman–Crippen LogP) is 1.71. The second-order valence-corrected chi connectivity index (χ2v) is 4.33. The van der Waals surface area contributed by atoms with E-state index in [1.54, 1.807) is 6.92 Å². The first-order valence-corrected chi connectivity index (χ1v) is 6.22. The van der Waals surface area contributed by atoms with E-state index >= 15 is 0 Å². The summed E-state index contributed by atoms with van der Waals surface area (Å²) in [5, 5.41) is 0. The van der Waals surface area contributed by atoms with Gasteiger partial charge in [-0.1, -0.05) is 12.2 Å². The van der Waals surface area contributed by atoms with Crippen molar-refractivity contribution in [1.82, 2.24) is 0 Å². The van der Waals surface area contributed by atoms with Gasteiger partial charge in [0.25, 0.3) is 0 Å². The molecule has 0 aliphatic heterocycles. The predicted molar refractivity (Wildman–Crippen MR) is 76.8 cm³/mol. The van der Waals surface area contributed by atoms with E-state index in [4.69, 9.17) is 22.7 Å². The molecule has 0 bridgehead atoms. The first kappa shape index (κ1) is 14.4. The summed E-state index contributed by atoms with van der Waals surface area (Å²) in [5.74, 6) is -0.177. The first-order chi connectivity index (χ1) is 8.54. The molecule has 0 atom stereocenters. The zero-order valence-electron chi connectivity index (χ0n) is 10.7. The number of nitrogens with two attached hydrogens (primary N) is 1. The molecule has 0 radical (unpaired) electrons. The molecule has 4 nitrogen and oxygen atoms in total. The van der Waals surface area contributed by atoms with E-state index in [1.165, 1.54) is 0 Å². The summed E-state index contributed by atoms with van der Waals surface area (Å²) in [6.07, 6.45) is 0.376. The third kappa shape index (κ3) is 4.33. The molecular weight excluding hydrogens is 248 g/mol. The van der Waals surface area contributed by atoms with Crippen LogP contribution in [0, 0.1) is 0 Å². The zero-order chi connectivity index (χ0) is 13.5. The van der Waals surface area contributed by atoms with Crippen LogP contribution < -0.4 is 10.6 Å². The number of hydrogen-bond donors (Lipinski definition) is 1. The second-order valence-electron chi connectivity index (χ2n) is 3.89. The highest BCUT2D eigenvalue weighted by Gasteiger charge is 2.06. The van der Waals surface area contributed by atoms with Gasteiger partial charge in [-0.05, 0) is 31.2 Å². The summed E-state index contributed by atoms with van der Waals surface area (Å²) in [4.78, 5) is 13.6. The molecule has 0 unspecified atom stereocenters. The second kappa shape index (κ2) is 6.96. The Balaban J connectivity index is 2.53. The lowest BCUT2D eigenvalue weighted by Gasteiger charge is -2.19. The average molecular weight is 266 g/mol. The van der Waals surface area contributed by atoms with Crippen molar-refractivity contribution < 1.29 is 9.53 Å².